The molecule has 1 unspecified atom stereocenters. The fourth-order valence-corrected chi connectivity index (χ4v) is 1.97. The Morgan fingerprint density at radius 3 is 2.00 bits per heavy atom. The molecule has 0 heterocycles. The molecule has 0 saturated carbocycles. The Labute approximate surface area is 113 Å². The van der Waals surface area contributed by atoms with Gasteiger partial charge in [-0.25, -0.2) is 0 Å². The first-order chi connectivity index (χ1) is 9.18. The lowest BCUT2D eigenvalue weighted by Crippen LogP contribution is -2.14. The van der Waals surface area contributed by atoms with Gasteiger partial charge in [0.1, 0.15) is 5.78 Å². The summed E-state index contributed by atoms with van der Waals surface area (Å²) in [4.78, 5) is 24.1. The van der Waals surface area contributed by atoms with Gasteiger partial charge in [-0.05, 0) is 5.56 Å². The molecule has 0 aliphatic carbocycles. The van der Waals surface area contributed by atoms with Crippen molar-refractivity contribution >= 4 is 11.6 Å². The van der Waals surface area contributed by atoms with Crippen molar-refractivity contribution in [2.75, 3.05) is 0 Å². The molecular weight excluding hydrogens is 236 g/mol. The van der Waals surface area contributed by atoms with Crippen LogP contribution in [0, 0.1) is 0 Å². The Hall–Kier alpha value is -2.22. The molecule has 0 aliphatic heterocycles. The van der Waals surface area contributed by atoms with Crippen LogP contribution < -0.4 is 0 Å². The fraction of sp³-hybridized carbons (Fsp3) is 0.176. The first-order valence-corrected chi connectivity index (χ1v) is 6.34. The van der Waals surface area contributed by atoms with E-state index in [-0.39, 0.29) is 23.9 Å². The predicted molar refractivity (Wildman–Crippen MR) is 75.3 cm³/mol. The molecule has 0 amide bonds. The summed E-state index contributed by atoms with van der Waals surface area (Å²) in [5.74, 6) is -0.401. The van der Waals surface area contributed by atoms with E-state index < -0.39 is 0 Å². The number of rotatable bonds is 5. The van der Waals surface area contributed by atoms with Crippen molar-refractivity contribution in [3.63, 3.8) is 0 Å². The monoisotopic (exact) mass is 252 g/mol. The topological polar surface area (TPSA) is 34.1 Å². The average Bonchev–Trinajstić information content (AvgIpc) is 2.48. The van der Waals surface area contributed by atoms with E-state index in [0.29, 0.717) is 5.56 Å². The van der Waals surface area contributed by atoms with Crippen LogP contribution in [0.15, 0.2) is 60.7 Å². The molecule has 0 bridgehead atoms. The summed E-state index contributed by atoms with van der Waals surface area (Å²) in [5, 5.41) is 0. The summed E-state index contributed by atoms with van der Waals surface area (Å²) in [6.07, 6.45) is -0.0416. The fourth-order valence-electron chi connectivity index (χ4n) is 1.97. The van der Waals surface area contributed by atoms with Gasteiger partial charge >= 0.3 is 0 Å². The van der Waals surface area contributed by atoms with Gasteiger partial charge in [0, 0.05) is 11.5 Å². The lowest BCUT2D eigenvalue weighted by atomic mass is 9.92. The average molecular weight is 252 g/mol. The summed E-state index contributed by atoms with van der Waals surface area (Å²) >= 11 is 0. The SMILES string of the molecule is CC(C(=O)CC(=O)c1ccccc1)c1ccccc1. The number of Topliss-reactive ketones (excluding diaryl/α,β-unsaturated/α-hetero) is 2. The minimum atomic E-state index is -0.242. The van der Waals surface area contributed by atoms with Crippen LogP contribution in [0.3, 0.4) is 0 Å². The summed E-state index contributed by atoms with van der Waals surface area (Å²) in [7, 11) is 0. The molecule has 0 saturated heterocycles. The van der Waals surface area contributed by atoms with Crippen LogP contribution in [0.5, 0.6) is 0 Å². The zero-order valence-electron chi connectivity index (χ0n) is 10.9. The zero-order valence-corrected chi connectivity index (χ0v) is 10.9. The van der Waals surface area contributed by atoms with Crippen LogP contribution in [0.1, 0.15) is 35.2 Å². The van der Waals surface area contributed by atoms with E-state index in [4.69, 9.17) is 0 Å². The Bertz CT molecular complexity index is 558. The number of hydrogen-bond donors (Lipinski definition) is 0. The first kappa shape index (κ1) is 13.2. The predicted octanol–water partition coefficient (Wildman–Crippen LogP) is 3.63. The van der Waals surface area contributed by atoms with E-state index in [0.717, 1.165) is 5.56 Å². The van der Waals surface area contributed by atoms with Gasteiger partial charge < -0.3 is 0 Å². The summed E-state index contributed by atoms with van der Waals surface area (Å²) in [6, 6.07) is 18.5. The molecule has 0 aromatic heterocycles. The van der Waals surface area contributed by atoms with Gasteiger partial charge in [0.25, 0.3) is 0 Å². The maximum atomic E-state index is 12.1. The highest BCUT2D eigenvalue weighted by Crippen LogP contribution is 2.18. The number of carbonyl (C=O) groups is 2. The van der Waals surface area contributed by atoms with Crippen LogP contribution in [-0.2, 0) is 4.79 Å². The molecule has 19 heavy (non-hydrogen) atoms. The van der Waals surface area contributed by atoms with Crippen LogP contribution in [0.4, 0.5) is 0 Å². The van der Waals surface area contributed by atoms with E-state index in [1.54, 1.807) is 24.3 Å². The molecule has 0 radical (unpaired) electrons. The highest BCUT2D eigenvalue weighted by Gasteiger charge is 2.18. The molecule has 96 valence electrons. The molecule has 0 fully saturated rings. The number of ketones is 2. The standard InChI is InChI=1S/C17H16O2/c1-13(14-8-4-2-5-9-14)16(18)12-17(19)15-10-6-3-7-11-15/h2-11,13H,12H2,1H3. The van der Waals surface area contributed by atoms with Crippen molar-refractivity contribution < 1.29 is 9.59 Å². The van der Waals surface area contributed by atoms with E-state index in [1.165, 1.54) is 0 Å². The van der Waals surface area contributed by atoms with Gasteiger partial charge in [-0.2, -0.15) is 0 Å². The lowest BCUT2D eigenvalue weighted by Gasteiger charge is -2.10. The van der Waals surface area contributed by atoms with Gasteiger partial charge in [-0.3, -0.25) is 9.59 Å². The van der Waals surface area contributed by atoms with Crippen molar-refractivity contribution in [2.24, 2.45) is 0 Å². The van der Waals surface area contributed by atoms with Gasteiger partial charge in [-0.1, -0.05) is 67.6 Å². The second-order valence-electron chi connectivity index (χ2n) is 4.56. The molecule has 2 heteroatoms. The largest absolute Gasteiger partial charge is 0.299 e. The van der Waals surface area contributed by atoms with Crippen molar-refractivity contribution in [3.05, 3.63) is 71.8 Å². The van der Waals surface area contributed by atoms with Crippen molar-refractivity contribution in [1.82, 2.24) is 0 Å². The van der Waals surface area contributed by atoms with Gasteiger partial charge in [0.05, 0.1) is 6.42 Å². The molecule has 0 spiro atoms. The van der Waals surface area contributed by atoms with Crippen LogP contribution >= 0.6 is 0 Å². The third kappa shape index (κ3) is 3.38. The summed E-state index contributed by atoms with van der Waals surface area (Å²) in [5.41, 5.74) is 1.55. The summed E-state index contributed by atoms with van der Waals surface area (Å²) in [6.45, 7) is 1.84. The number of carbonyl (C=O) groups excluding carboxylic acids is 2. The Morgan fingerprint density at radius 1 is 0.895 bits per heavy atom. The molecule has 0 N–H and O–H groups in total. The Balaban J connectivity index is 2.04. The van der Waals surface area contributed by atoms with Crippen LogP contribution in [-0.4, -0.2) is 11.6 Å². The molecule has 2 nitrogen and oxygen atoms in total. The van der Waals surface area contributed by atoms with Gasteiger partial charge in [-0.15, -0.1) is 0 Å². The smallest absolute Gasteiger partial charge is 0.170 e. The molecular formula is C17H16O2. The normalized spacial score (nSPS) is 11.8. The minimum Gasteiger partial charge on any atom is -0.299 e. The van der Waals surface area contributed by atoms with Crippen molar-refractivity contribution in [1.29, 1.82) is 0 Å². The molecule has 2 aromatic carbocycles. The van der Waals surface area contributed by atoms with Crippen LogP contribution in [0.25, 0.3) is 0 Å². The van der Waals surface area contributed by atoms with Gasteiger partial charge in [0.2, 0.25) is 0 Å². The van der Waals surface area contributed by atoms with E-state index in [1.807, 2.05) is 43.3 Å². The first-order valence-electron chi connectivity index (χ1n) is 6.34. The zero-order chi connectivity index (χ0) is 13.7. The molecule has 2 aromatic rings. The molecule has 0 aliphatic rings. The quantitative estimate of drug-likeness (QED) is 0.601. The highest BCUT2D eigenvalue weighted by molar-refractivity contribution is 6.09. The Kier molecular flexibility index (Phi) is 4.24. The second-order valence-corrected chi connectivity index (χ2v) is 4.56. The van der Waals surface area contributed by atoms with E-state index in [2.05, 4.69) is 0 Å². The maximum absolute atomic E-state index is 12.1. The second kappa shape index (κ2) is 6.10. The van der Waals surface area contributed by atoms with Crippen molar-refractivity contribution in [2.45, 2.75) is 19.3 Å². The summed E-state index contributed by atoms with van der Waals surface area (Å²) < 4.78 is 0. The van der Waals surface area contributed by atoms with Crippen LogP contribution in [0.2, 0.25) is 0 Å². The molecule has 2 rings (SSSR count). The lowest BCUT2D eigenvalue weighted by molar-refractivity contribution is -0.119. The number of hydrogen-bond acceptors (Lipinski definition) is 2. The third-order valence-electron chi connectivity index (χ3n) is 3.21. The number of benzene rings is 2. The highest BCUT2D eigenvalue weighted by atomic mass is 16.1. The van der Waals surface area contributed by atoms with Crippen molar-refractivity contribution in [3.8, 4) is 0 Å². The Morgan fingerprint density at radius 2 is 1.42 bits per heavy atom. The van der Waals surface area contributed by atoms with Gasteiger partial charge in [0.15, 0.2) is 5.78 Å². The van der Waals surface area contributed by atoms with E-state index >= 15 is 0 Å². The maximum Gasteiger partial charge on any atom is 0.170 e. The minimum absolute atomic E-state index is 0.0416. The molecule has 1 atom stereocenters. The third-order valence-corrected chi connectivity index (χ3v) is 3.21. The van der Waals surface area contributed by atoms with E-state index in [9.17, 15) is 9.59 Å².